The highest BCUT2D eigenvalue weighted by atomic mass is 16.3. The quantitative estimate of drug-likeness (QED) is 0.825. The molecule has 1 heterocycles. The number of amides is 1. The Bertz CT molecular complexity index is 673. The third kappa shape index (κ3) is 4.14. The van der Waals surface area contributed by atoms with Gasteiger partial charge in [0, 0.05) is 37.1 Å². The fourth-order valence-electron chi connectivity index (χ4n) is 2.85. The van der Waals surface area contributed by atoms with Gasteiger partial charge in [0.05, 0.1) is 5.60 Å². The monoisotopic (exact) mass is 316 g/mol. The number of fused-ring (bicyclic) bond motifs is 1. The predicted octanol–water partition coefficient (Wildman–Crippen LogP) is 3.02. The van der Waals surface area contributed by atoms with Crippen LogP contribution in [0.1, 0.15) is 39.2 Å². The van der Waals surface area contributed by atoms with Gasteiger partial charge in [-0.25, -0.2) is 0 Å². The summed E-state index contributed by atoms with van der Waals surface area (Å²) in [7, 11) is 2.02. The minimum absolute atomic E-state index is 0.0125. The first-order valence-corrected chi connectivity index (χ1v) is 8.37. The molecule has 0 saturated carbocycles. The van der Waals surface area contributed by atoms with Crippen molar-refractivity contribution in [2.24, 2.45) is 13.0 Å². The summed E-state index contributed by atoms with van der Waals surface area (Å²) in [5.74, 6) is 0.141. The summed E-state index contributed by atoms with van der Waals surface area (Å²) in [6, 6.07) is 8.23. The van der Waals surface area contributed by atoms with Gasteiger partial charge in [-0.3, -0.25) is 4.79 Å². The highest BCUT2D eigenvalue weighted by molar-refractivity contribution is 5.84. The molecular weight excluding hydrogens is 288 g/mol. The van der Waals surface area contributed by atoms with Gasteiger partial charge in [0.15, 0.2) is 0 Å². The number of aromatic nitrogens is 1. The number of nitrogens with zero attached hydrogens (tertiary/aromatic N) is 1. The number of para-hydroxylation sites is 1. The van der Waals surface area contributed by atoms with Gasteiger partial charge >= 0.3 is 0 Å². The molecule has 2 unspecified atom stereocenters. The van der Waals surface area contributed by atoms with Gasteiger partial charge in [-0.2, -0.15) is 0 Å². The number of carbonyl (C=O) groups is 1. The Morgan fingerprint density at radius 1 is 1.39 bits per heavy atom. The minimum Gasteiger partial charge on any atom is -0.388 e. The molecule has 4 heteroatoms. The van der Waals surface area contributed by atoms with E-state index < -0.39 is 5.60 Å². The smallest absolute Gasteiger partial charge is 0.220 e. The molecule has 2 rings (SSSR count). The van der Waals surface area contributed by atoms with Crippen molar-refractivity contribution in [2.45, 2.75) is 45.6 Å². The van der Waals surface area contributed by atoms with E-state index in [9.17, 15) is 9.90 Å². The molecule has 2 aromatic rings. The molecule has 0 spiro atoms. The van der Waals surface area contributed by atoms with Gasteiger partial charge in [-0.05, 0) is 30.9 Å². The average molecular weight is 316 g/mol. The molecule has 0 saturated heterocycles. The largest absolute Gasteiger partial charge is 0.388 e. The van der Waals surface area contributed by atoms with E-state index in [1.807, 2.05) is 33.0 Å². The molecule has 2 atom stereocenters. The Labute approximate surface area is 138 Å². The normalized spacial score (nSPS) is 15.3. The van der Waals surface area contributed by atoms with Crippen molar-refractivity contribution < 1.29 is 9.90 Å². The van der Waals surface area contributed by atoms with Crippen LogP contribution in [0, 0.1) is 5.92 Å². The van der Waals surface area contributed by atoms with Crippen LogP contribution in [0.5, 0.6) is 0 Å². The number of carbonyl (C=O) groups excluding carboxylic acids is 1. The van der Waals surface area contributed by atoms with Crippen molar-refractivity contribution in [3.8, 4) is 0 Å². The number of benzene rings is 1. The maximum Gasteiger partial charge on any atom is 0.220 e. The average Bonchev–Trinajstić information content (AvgIpc) is 2.87. The zero-order valence-electron chi connectivity index (χ0n) is 14.6. The first kappa shape index (κ1) is 17.5. The summed E-state index contributed by atoms with van der Waals surface area (Å²) in [5, 5.41) is 14.4. The molecule has 1 amide bonds. The zero-order chi connectivity index (χ0) is 17.0. The topological polar surface area (TPSA) is 54.3 Å². The van der Waals surface area contributed by atoms with E-state index in [1.54, 1.807) is 6.92 Å². The Morgan fingerprint density at radius 3 is 2.78 bits per heavy atom. The van der Waals surface area contributed by atoms with E-state index in [0.29, 0.717) is 19.4 Å². The summed E-state index contributed by atoms with van der Waals surface area (Å²) in [4.78, 5) is 12.1. The molecule has 0 aliphatic rings. The summed E-state index contributed by atoms with van der Waals surface area (Å²) >= 11 is 0. The van der Waals surface area contributed by atoms with Gasteiger partial charge in [0.25, 0.3) is 0 Å². The number of hydrogen-bond acceptors (Lipinski definition) is 2. The predicted molar refractivity (Wildman–Crippen MR) is 94.3 cm³/mol. The van der Waals surface area contributed by atoms with Crippen LogP contribution < -0.4 is 5.32 Å². The van der Waals surface area contributed by atoms with Gasteiger partial charge in [0.2, 0.25) is 5.91 Å². The molecule has 0 radical (unpaired) electrons. The number of nitrogens with one attached hydrogen (secondary N) is 1. The standard InChI is InChI=1S/C19H28N2O2/c1-5-14(2)19(3,23)13-20-18(22)11-10-15-12-21(4)17-9-7-6-8-16(15)17/h6-9,12,14,23H,5,10-11,13H2,1-4H3,(H,20,22). The van der Waals surface area contributed by atoms with E-state index >= 15 is 0 Å². The van der Waals surface area contributed by atoms with E-state index in [-0.39, 0.29) is 11.8 Å². The van der Waals surface area contributed by atoms with Crippen LogP contribution in [0.4, 0.5) is 0 Å². The van der Waals surface area contributed by atoms with Crippen molar-refractivity contribution in [3.63, 3.8) is 0 Å². The Hall–Kier alpha value is -1.81. The number of rotatable bonds is 7. The van der Waals surface area contributed by atoms with Crippen LogP contribution in [-0.2, 0) is 18.3 Å². The molecule has 0 aliphatic heterocycles. The van der Waals surface area contributed by atoms with E-state index in [2.05, 4.69) is 28.2 Å². The molecule has 0 fully saturated rings. The van der Waals surface area contributed by atoms with E-state index in [1.165, 1.54) is 16.5 Å². The first-order chi connectivity index (χ1) is 10.8. The molecule has 1 aromatic carbocycles. The minimum atomic E-state index is -0.857. The van der Waals surface area contributed by atoms with Crippen molar-refractivity contribution in [3.05, 3.63) is 36.0 Å². The second-order valence-electron chi connectivity index (χ2n) is 6.73. The highest BCUT2D eigenvalue weighted by Gasteiger charge is 2.27. The molecule has 1 aromatic heterocycles. The summed E-state index contributed by atoms with van der Waals surface area (Å²) in [6.45, 7) is 6.13. The number of aliphatic hydroxyl groups is 1. The maximum absolute atomic E-state index is 12.1. The SMILES string of the molecule is CCC(C)C(C)(O)CNC(=O)CCc1cn(C)c2ccccc12. The lowest BCUT2D eigenvalue weighted by Crippen LogP contribution is -2.45. The van der Waals surface area contributed by atoms with E-state index in [0.717, 1.165) is 6.42 Å². The zero-order valence-corrected chi connectivity index (χ0v) is 14.6. The first-order valence-electron chi connectivity index (χ1n) is 8.37. The number of aryl methyl sites for hydroxylation is 2. The Morgan fingerprint density at radius 2 is 2.09 bits per heavy atom. The summed E-state index contributed by atoms with van der Waals surface area (Å²) in [6.07, 6.45) is 4.12. The second kappa shape index (κ2) is 7.18. The van der Waals surface area contributed by atoms with Gasteiger partial charge < -0.3 is 15.0 Å². The van der Waals surface area contributed by atoms with Gasteiger partial charge in [0.1, 0.15) is 0 Å². The molecule has 0 bridgehead atoms. The van der Waals surface area contributed by atoms with Crippen LogP contribution in [0.15, 0.2) is 30.5 Å². The molecule has 2 N–H and O–H groups in total. The van der Waals surface area contributed by atoms with Crippen LogP contribution in [0.25, 0.3) is 10.9 Å². The van der Waals surface area contributed by atoms with Crippen LogP contribution in [0.3, 0.4) is 0 Å². The Balaban J connectivity index is 1.91. The van der Waals surface area contributed by atoms with Gasteiger partial charge in [-0.1, -0.05) is 38.5 Å². The van der Waals surface area contributed by atoms with Crippen molar-refractivity contribution in [1.82, 2.24) is 9.88 Å². The van der Waals surface area contributed by atoms with Crippen molar-refractivity contribution in [2.75, 3.05) is 6.54 Å². The fraction of sp³-hybridized carbons (Fsp3) is 0.526. The summed E-state index contributed by atoms with van der Waals surface area (Å²) in [5.41, 5.74) is 1.51. The molecule has 0 aliphatic carbocycles. The Kier molecular flexibility index (Phi) is 5.47. The van der Waals surface area contributed by atoms with Gasteiger partial charge in [-0.15, -0.1) is 0 Å². The third-order valence-electron chi connectivity index (χ3n) is 4.92. The fourth-order valence-corrected chi connectivity index (χ4v) is 2.85. The maximum atomic E-state index is 12.1. The van der Waals surface area contributed by atoms with Crippen molar-refractivity contribution in [1.29, 1.82) is 0 Å². The molecule has 126 valence electrons. The molecule has 4 nitrogen and oxygen atoms in total. The second-order valence-corrected chi connectivity index (χ2v) is 6.73. The molecule has 23 heavy (non-hydrogen) atoms. The van der Waals surface area contributed by atoms with Crippen LogP contribution in [-0.4, -0.2) is 27.7 Å². The van der Waals surface area contributed by atoms with E-state index in [4.69, 9.17) is 0 Å². The summed E-state index contributed by atoms with van der Waals surface area (Å²) < 4.78 is 2.09. The lowest BCUT2D eigenvalue weighted by atomic mass is 9.88. The van der Waals surface area contributed by atoms with Crippen LogP contribution >= 0.6 is 0 Å². The van der Waals surface area contributed by atoms with Crippen LogP contribution in [0.2, 0.25) is 0 Å². The van der Waals surface area contributed by atoms with Crippen molar-refractivity contribution >= 4 is 16.8 Å². The number of hydrogen-bond donors (Lipinski definition) is 2. The highest BCUT2D eigenvalue weighted by Crippen LogP contribution is 2.22. The lowest BCUT2D eigenvalue weighted by Gasteiger charge is -2.29. The third-order valence-corrected chi connectivity index (χ3v) is 4.92. The molecular formula is C19H28N2O2. The lowest BCUT2D eigenvalue weighted by molar-refractivity contribution is -0.122.